The van der Waals surface area contributed by atoms with Gasteiger partial charge in [0.15, 0.2) is 0 Å². The molecule has 0 fully saturated rings. The Labute approximate surface area is 56.3 Å². The van der Waals surface area contributed by atoms with Gasteiger partial charge in [-0.15, -0.1) is 0 Å². The van der Waals surface area contributed by atoms with Gasteiger partial charge in [0.05, 0.1) is 6.42 Å². The van der Waals surface area contributed by atoms with Crippen molar-refractivity contribution in [2.24, 2.45) is 5.73 Å². The highest BCUT2D eigenvalue weighted by Crippen LogP contribution is 1.89. The molecule has 0 bridgehead atoms. The molecule has 0 saturated carbocycles. The van der Waals surface area contributed by atoms with E-state index in [1.54, 1.807) is 0 Å². The van der Waals surface area contributed by atoms with E-state index in [0.29, 0.717) is 0 Å². The van der Waals surface area contributed by atoms with Crippen LogP contribution in [-0.2, 0) is 4.79 Å². The molecule has 0 aromatic carbocycles. The van der Waals surface area contributed by atoms with Gasteiger partial charge >= 0.3 is 5.97 Å². The number of carboxylic acid groups (broad SMARTS) is 1. The smallest absolute Gasteiger partial charge is 0.304 e. The van der Waals surface area contributed by atoms with Gasteiger partial charge in [0.1, 0.15) is 0 Å². The van der Waals surface area contributed by atoms with Crippen molar-refractivity contribution >= 4 is 22.3 Å². The van der Waals surface area contributed by atoms with Crippen LogP contribution >= 0.6 is 0 Å². The highest BCUT2D eigenvalue weighted by molar-refractivity contribution is 6.09. The topological polar surface area (TPSA) is 63.3 Å². The zero-order chi connectivity index (χ0) is 6.57. The first kappa shape index (κ1) is 7.96. The fourth-order valence-corrected chi connectivity index (χ4v) is 0.657. The van der Waals surface area contributed by atoms with Gasteiger partial charge in [0.2, 0.25) is 16.3 Å². The van der Waals surface area contributed by atoms with E-state index in [1.165, 1.54) is 0 Å². The second-order valence-corrected chi connectivity index (χ2v) is 2.58. The van der Waals surface area contributed by atoms with Crippen LogP contribution in [0.25, 0.3) is 0 Å². The molecule has 46 valence electrons. The van der Waals surface area contributed by atoms with Crippen molar-refractivity contribution in [2.45, 2.75) is 17.7 Å². The largest absolute Gasteiger partial charge is 0.481 e. The molecule has 0 spiro atoms. The molecule has 0 aliphatic heterocycles. The lowest BCUT2D eigenvalue weighted by Crippen LogP contribution is -2.22. The van der Waals surface area contributed by atoms with Gasteiger partial charge in [-0.25, -0.2) is 0 Å². The van der Waals surface area contributed by atoms with Crippen LogP contribution in [0.15, 0.2) is 0 Å². The molecular weight excluding hydrogens is 121 g/mol. The molecule has 0 radical (unpaired) electrons. The van der Waals surface area contributed by atoms with Gasteiger partial charge < -0.3 is 10.8 Å². The highest BCUT2D eigenvalue weighted by Gasteiger charge is 2.03. The summed E-state index contributed by atoms with van der Waals surface area (Å²) in [5, 5.41) is 9.02. The van der Waals surface area contributed by atoms with Gasteiger partial charge in [-0.2, -0.15) is 0 Å². The Hall–Kier alpha value is -0.0375. The number of hydrogen-bond acceptors (Lipinski definition) is 2. The van der Waals surface area contributed by atoms with Crippen molar-refractivity contribution in [3.05, 3.63) is 0 Å². The van der Waals surface area contributed by atoms with Crippen LogP contribution in [0, 0.1) is 0 Å². The van der Waals surface area contributed by atoms with Crippen molar-refractivity contribution in [2.75, 3.05) is 0 Å². The fraction of sp³-hybridized carbons (Fsp3) is 0.750. The van der Waals surface area contributed by atoms with E-state index >= 15 is 0 Å². The Bertz CT molecular complexity index is 86.1. The maximum atomic E-state index is 9.90. The summed E-state index contributed by atoms with van der Waals surface area (Å²) in [7, 11) is 0. The third-order valence-electron chi connectivity index (χ3n) is 0.961. The second kappa shape index (κ2) is 3.90. The lowest BCUT2D eigenvalue weighted by molar-refractivity contribution is -0.137. The molecule has 4 heteroatoms. The summed E-state index contributed by atoms with van der Waals surface area (Å²) in [5.74, 6) is -0.798. The average molecular weight is 131 g/mol. The molecule has 3 N–H and O–H groups in total. The summed E-state index contributed by atoms with van der Waals surface area (Å²) in [6, 6.07) is -0.112. The van der Waals surface area contributed by atoms with Gasteiger partial charge in [-0.1, -0.05) is 5.28 Å². The Morgan fingerprint density at radius 3 is 2.50 bits per heavy atom. The van der Waals surface area contributed by atoms with Gasteiger partial charge in [0, 0.05) is 6.04 Å². The molecule has 0 amide bonds. The summed E-state index contributed by atoms with van der Waals surface area (Å²) in [6.07, 6.45) is 0.115. The number of hydrogen-bond donors (Lipinski definition) is 2. The number of aliphatic carboxylic acids is 1. The van der Waals surface area contributed by atoms with Gasteiger partial charge in [0.25, 0.3) is 0 Å². The van der Waals surface area contributed by atoms with Crippen LogP contribution in [0.4, 0.5) is 0 Å². The normalized spacial score (nSPS) is 13.1. The van der Waals surface area contributed by atoms with E-state index in [2.05, 4.69) is 0 Å². The van der Waals surface area contributed by atoms with E-state index in [9.17, 15) is 4.79 Å². The van der Waals surface area contributed by atoms with Crippen LogP contribution in [0.1, 0.15) is 6.42 Å². The Morgan fingerprint density at radius 2 is 2.38 bits per heavy atom. The third kappa shape index (κ3) is 4.13. The van der Waals surface area contributed by atoms with Crippen LogP contribution < -0.4 is 5.73 Å². The lowest BCUT2D eigenvalue weighted by Gasteiger charge is -2.01. The molecule has 0 aliphatic rings. The summed E-state index contributed by atoms with van der Waals surface area (Å²) < 4.78 is 0. The Balaban J connectivity index is 3.24. The number of nitrogens with two attached hydrogens (primary N) is 1. The van der Waals surface area contributed by atoms with Crippen LogP contribution in [0.3, 0.4) is 0 Å². The fourth-order valence-electron chi connectivity index (χ4n) is 0.369. The monoisotopic (exact) mass is 131 g/mol. The quantitative estimate of drug-likeness (QED) is 0.475. The van der Waals surface area contributed by atoms with Crippen molar-refractivity contribution < 1.29 is 9.90 Å². The van der Waals surface area contributed by atoms with E-state index in [0.717, 1.165) is 21.6 Å². The minimum absolute atomic E-state index is 0.112. The molecule has 1 unspecified atom stereocenters. The van der Waals surface area contributed by atoms with Crippen LogP contribution in [0.2, 0.25) is 5.28 Å². The molecule has 0 aliphatic carbocycles. The Kier molecular flexibility index (Phi) is 3.89. The molecular formula is C4H10AlNO2. The molecule has 8 heavy (non-hydrogen) atoms. The maximum absolute atomic E-state index is 9.90. The second-order valence-electron chi connectivity index (χ2n) is 1.77. The summed E-state index contributed by atoms with van der Waals surface area (Å²) in [6.45, 7) is 0. The number of carboxylic acids is 1. The summed E-state index contributed by atoms with van der Waals surface area (Å²) >= 11 is 0.990. The molecule has 0 saturated heterocycles. The number of rotatable bonds is 3. The van der Waals surface area contributed by atoms with Crippen LogP contribution in [-0.4, -0.2) is 33.4 Å². The first-order valence-corrected chi connectivity index (χ1v) is 4.05. The predicted molar refractivity (Wildman–Crippen MR) is 33.6 cm³/mol. The Morgan fingerprint density at radius 1 is 1.88 bits per heavy atom. The van der Waals surface area contributed by atoms with Crippen molar-refractivity contribution in [3.8, 4) is 0 Å². The van der Waals surface area contributed by atoms with Crippen molar-refractivity contribution in [3.63, 3.8) is 0 Å². The molecule has 0 aromatic rings. The highest BCUT2D eigenvalue weighted by atomic mass is 27.0. The zero-order valence-corrected chi connectivity index (χ0v) is 6.92. The van der Waals surface area contributed by atoms with E-state index in [1.807, 2.05) is 0 Å². The average Bonchev–Trinajstić information content (AvgIpc) is 1.65. The SMILES string of the molecule is NC([CH2][AlH2])CC(=O)O. The lowest BCUT2D eigenvalue weighted by atomic mass is 10.2. The zero-order valence-electron chi connectivity index (χ0n) is 4.92. The summed E-state index contributed by atoms with van der Waals surface area (Å²) in [5.41, 5.74) is 5.33. The minimum Gasteiger partial charge on any atom is -0.481 e. The predicted octanol–water partition coefficient (Wildman–Crippen LogP) is -1.16. The molecule has 0 heterocycles. The van der Waals surface area contributed by atoms with Gasteiger partial charge in [-0.05, 0) is 0 Å². The molecule has 0 aromatic heterocycles. The van der Waals surface area contributed by atoms with Gasteiger partial charge in [-0.3, -0.25) is 4.79 Å². The third-order valence-corrected chi connectivity index (χ3v) is 2.01. The molecule has 1 atom stereocenters. The van der Waals surface area contributed by atoms with Crippen LogP contribution in [0.5, 0.6) is 0 Å². The first-order chi connectivity index (χ1) is 3.66. The standard InChI is InChI=1S/C4H8NO2.Al.2H/c1-3(5)2-4(6)7;;;/h3H,1-2,5H2,(H,6,7);;;. The van der Waals surface area contributed by atoms with Crippen molar-refractivity contribution in [1.29, 1.82) is 0 Å². The number of carbonyl (C=O) groups is 1. The maximum Gasteiger partial charge on any atom is 0.304 e. The minimum atomic E-state index is -0.798. The first-order valence-electron chi connectivity index (χ1n) is 2.64. The van der Waals surface area contributed by atoms with E-state index in [4.69, 9.17) is 10.8 Å². The van der Waals surface area contributed by atoms with E-state index in [-0.39, 0.29) is 12.5 Å². The molecule has 0 rings (SSSR count). The summed E-state index contributed by atoms with van der Waals surface area (Å²) in [4.78, 5) is 9.90. The van der Waals surface area contributed by atoms with E-state index < -0.39 is 5.97 Å². The molecule has 3 nitrogen and oxygen atoms in total. The van der Waals surface area contributed by atoms with Crippen molar-refractivity contribution in [1.82, 2.24) is 0 Å².